The van der Waals surface area contributed by atoms with Crippen molar-refractivity contribution < 1.29 is 9.53 Å². The largest absolute Gasteiger partial charge is 0.383 e. The number of nitrogens with one attached hydrogen (secondary N) is 1. The van der Waals surface area contributed by atoms with E-state index in [-0.39, 0.29) is 11.2 Å². The number of nitrogens with zero attached hydrogens (tertiary/aromatic N) is 1. The lowest BCUT2D eigenvalue weighted by Gasteiger charge is -2.21. The molecule has 0 aliphatic heterocycles. The summed E-state index contributed by atoms with van der Waals surface area (Å²) in [5, 5.41) is 1.69. The van der Waals surface area contributed by atoms with Gasteiger partial charge in [0.05, 0.1) is 11.9 Å². The molecule has 19 heavy (non-hydrogen) atoms. The summed E-state index contributed by atoms with van der Waals surface area (Å²) < 4.78 is 4.98. The second-order valence-corrected chi connectivity index (χ2v) is 5.49. The molecule has 0 heterocycles. The minimum atomic E-state index is -0.0765. The van der Waals surface area contributed by atoms with Crippen molar-refractivity contribution in [3.8, 4) is 0 Å². The van der Waals surface area contributed by atoms with E-state index < -0.39 is 0 Å². The van der Waals surface area contributed by atoms with Gasteiger partial charge in [-0.3, -0.25) is 10.2 Å². The summed E-state index contributed by atoms with van der Waals surface area (Å²) >= 11 is 1.59. The van der Waals surface area contributed by atoms with E-state index in [1.165, 1.54) is 0 Å². The van der Waals surface area contributed by atoms with Gasteiger partial charge < -0.3 is 4.74 Å². The number of ether oxygens (including phenoxy) is 1. The first-order valence-electron chi connectivity index (χ1n) is 6.39. The van der Waals surface area contributed by atoms with Crippen LogP contribution in [0, 0.1) is 0 Å². The van der Waals surface area contributed by atoms with Crippen LogP contribution in [-0.2, 0) is 9.53 Å². The molecular formula is C14H22N2O2S. The summed E-state index contributed by atoms with van der Waals surface area (Å²) in [6.07, 6.45) is 0.795. The van der Waals surface area contributed by atoms with E-state index >= 15 is 0 Å². The molecule has 1 atom stereocenters. The minimum absolute atomic E-state index is 0.0370. The molecule has 0 aromatic heterocycles. The van der Waals surface area contributed by atoms with Gasteiger partial charge in [0.15, 0.2) is 0 Å². The van der Waals surface area contributed by atoms with Crippen molar-refractivity contribution in [1.82, 2.24) is 10.4 Å². The first-order chi connectivity index (χ1) is 9.17. The average molecular weight is 282 g/mol. The van der Waals surface area contributed by atoms with Crippen molar-refractivity contribution in [2.24, 2.45) is 0 Å². The van der Waals surface area contributed by atoms with Crippen LogP contribution in [0.5, 0.6) is 0 Å². The molecule has 5 heteroatoms. The van der Waals surface area contributed by atoms with E-state index in [2.05, 4.69) is 5.43 Å². The fraction of sp³-hybridized carbons (Fsp3) is 0.500. The van der Waals surface area contributed by atoms with Gasteiger partial charge in [-0.2, -0.15) is 0 Å². The topological polar surface area (TPSA) is 41.6 Å². The quantitative estimate of drug-likeness (QED) is 0.586. The average Bonchev–Trinajstić information content (AvgIpc) is 2.43. The van der Waals surface area contributed by atoms with Crippen LogP contribution in [0.25, 0.3) is 0 Å². The zero-order valence-corrected chi connectivity index (χ0v) is 12.6. The Hall–Kier alpha value is -1.04. The molecule has 106 valence electrons. The van der Waals surface area contributed by atoms with Crippen LogP contribution in [0.3, 0.4) is 0 Å². The van der Waals surface area contributed by atoms with E-state index in [4.69, 9.17) is 4.74 Å². The van der Waals surface area contributed by atoms with Crippen LogP contribution in [0.4, 0.5) is 0 Å². The number of benzene rings is 1. The molecule has 0 saturated carbocycles. The number of likely N-dealkylation sites (N-methyl/N-ethyl adjacent to an activating group) is 1. The standard InChI is InChI=1S/C14H22N2O2S/c1-4-13(19-12-8-6-5-7-9-12)14(17)15-16(2)10-11-18-3/h5-9,13H,4,10-11H2,1-3H3,(H,15,17). The van der Waals surface area contributed by atoms with Crippen LogP contribution in [0.15, 0.2) is 35.2 Å². The van der Waals surface area contributed by atoms with Crippen LogP contribution in [0.1, 0.15) is 13.3 Å². The summed E-state index contributed by atoms with van der Waals surface area (Å²) in [6, 6.07) is 9.99. The van der Waals surface area contributed by atoms with Gasteiger partial charge in [-0.25, -0.2) is 5.01 Å². The van der Waals surface area contributed by atoms with Gasteiger partial charge in [0.2, 0.25) is 5.91 Å². The van der Waals surface area contributed by atoms with E-state index in [0.29, 0.717) is 13.2 Å². The Labute approximate surface area is 119 Å². The monoisotopic (exact) mass is 282 g/mol. The first-order valence-corrected chi connectivity index (χ1v) is 7.27. The third kappa shape index (κ3) is 6.09. The highest BCUT2D eigenvalue weighted by atomic mass is 32.2. The van der Waals surface area contributed by atoms with Gasteiger partial charge in [0, 0.05) is 25.6 Å². The van der Waals surface area contributed by atoms with Gasteiger partial charge in [0.25, 0.3) is 0 Å². The third-order valence-corrected chi connectivity index (χ3v) is 3.99. The molecule has 0 bridgehead atoms. The second kappa shape index (κ2) is 8.96. The third-order valence-electron chi connectivity index (χ3n) is 2.62. The van der Waals surface area contributed by atoms with Crippen molar-refractivity contribution in [3.63, 3.8) is 0 Å². The summed E-state index contributed by atoms with van der Waals surface area (Å²) in [6.45, 7) is 3.30. The Morgan fingerprint density at radius 1 is 1.42 bits per heavy atom. The Morgan fingerprint density at radius 2 is 2.11 bits per heavy atom. The summed E-state index contributed by atoms with van der Waals surface area (Å²) in [5.41, 5.74) is 2.88. The number of carbonyl (C=O) groups excluding carboxylic acids is 1. The maximum Gasteiger partial charge on any atom is 0.247 e. The van der Waals surface area contributed by atoms with Crippen molar-refractivity contribution in [3.05, 3.63) is 30.3 Å². The van der Waals surface area contributed by atoms with Crippen molar-refractivity contribution in [1.29, 1.82) is 0 Å². The maximum atomic E-state index is 12.1. The molecule has 0 saturated heterocycles. The fourth-order valence-electron chi connectivity index (χ4n) is 1.53. The van der Waals surface area contributed by atoms with Crippen LogP contribution >= 0.6 is 11.8 Å². The lowest BCUT2D eigenvalue weighted by molar-refractivity contribution is -0.125. The number of hydrogen-bond acceptors (Lipinski definition) is 4. The van der Waals surface area contributed by atoms with Crippen LogP contribution in [0.2, 0.25) is 0 Å². The normalized spacial score (nSPS) is 12.4. The van der Waals surface area contributed by atoms with E-state index in [9.17, 15) is 4.79 Å². The highest BCUT2D eigenvalue weighted by molar-refractivity contribution is 8.00. The summed E-state index contributed by atoms with van der Waals surface area (Å²) in [5.74, 6) is 0.0370. The van der Waals surface area contributed by atoms with Crippen LogP contribution in [-0.4, -0.2) is 43.5 Å². The van der Waals surface area contributed by atoms with Gasteiger partial charge in [-0.05, 0) is 18.6 Å². The van der Waals surface area contributed by atoms with Crippen molar-refractivity contribution >= 4 is 17.7 Å². The molecule has 1 N–H and O–H groups in total. The zero-order chi connectivity index (χ0) is 14.1. The predicted molar refractivity (Wildman–Crippen MR) is 79.0 cm³/mol. The molecule has 0 aliphatic carbocycles. The minimum Gasteiger partial charge on any atom is -0.383 e. The zero-order valence-electron chi connectivity index (χ0n) is 11.8. The fourth-order valence-corrected chi connectivity index (χ4v) is 2.50. The molecule has 1 aromatic rings. The number of thioether (sulfide) groups is 1. The SMILES string of the molecule is CCC(Sc1ccccc1)C(=O)NN(C)CCOC. The Bertz CT molecular complexity index is 373. The van der Waals surface area contributed by atoms with Gasteiger partial charge in [-0.1, -0.05) is 25.1 Å². The highest BCUT2D eigenvalue weighted by Gasteiger charge is 2.18. The summed E-state index contributed by atoms with van der Waals surface area (Å²) in [4.78, 5) is 13.3. The predicted octanol–water partition coefficient (Wildman–Crippen LogP) is 2.17. The van der Waals surface area contributed by atoms with Gasteiger partial charge in [-0.15, -0.1) is 11.8 Å². The molecule has 0 radical (unpaired) electrons. The van der Waals surface area contributed by atoms with Crippen molar-refractivity contribution in [2.75, 3.05) is 27.3 Å². The molecule has 0 aliphatic rings. The van der Waals surface area contributed by atoms with E-state index in [0.717, 1.165) is 11.3 Å². The molecule has 1 unspecified atom stereocenters. The van der Waals surface area contributed by atoms with Crippen LogP contribution < -0.4 is 5.43 Å². The number of hydrazine groups is 1. The van der Waals surface area contributed by atoms with E-state index in [1.54, 1.807) is 23.9 Å². The molecule has 0 fully saturated rings. The number of methoxy groups -OCH3 is 1. The Morgan fingerprint density at radius 3 is 2.68 bits per heavy atom. The molecular weight excluding hydrogens is 260 g/mol. The summed E-state index contributed by atoms with van der Waals surface area (Å²) in [7, 11) is 3.49. The number of carbonyl (C=O) groups is 1. The molecule has 1 aromatic carbocycles. The lowest BCUT2D eigenvalue weighted by atomic mass is 10.3. The number of amides is 1. The van der Waals surface area contributed by atoms with E-state index in [1.807, 2.05) is 44.3 Å². The molecule has 1 rings (SSSR count). The maximum absolute atomic E-state index is 12.1. The second-order valence-electron chi connectivity index (χ2n) is 4.22. The molecule has 0 spiro atoms. The molecule has 1 amide bonds. The van der Waals surface area contributed by atoms with Crippen molar-refractivity contribution in [2.45, 2.75) is 23.5 Å². The lowest BCUT2D eigenvalue weighted by Crippen LogP contribution is -2.44. The highest BCUT2D eigenvalue weighted by Crippen LogP contribution is 2.25. The Kier molecular flexibility index (Phi) is 7.55. The first kappa shape index (κ1) is 16.0. The van der Waals surface area contributed by atoms with Gasteiger partial charge in [0.1, 0.15) is 0 Å². The Balaban J connectivity index is 2.48. The number of hydrogen-bond donors (Lipinski definition) is 1. The van der Waals surface area contributed by atoms with Gasteiger partial charge >= 0.3 is 0 Å². The number of rotatable bonds is 8. The molecule has 4 nitrogen and oxygen atoms in total. The smallest absolute Gasteiger partial charge is 0.247 e.